The van der Waals surface area contributed by atoms with Crippen LogP contribution in [0.5, 0.6) is 0 Å². The number of likely N-dealkylation sites (tertiary alicyclic amines) is 2. The molecule has 3 aliphatic rings. The SMILES string of the molecule is CCCCCCCCCCN1CCCC(C(=O)N2CCN(C(=O)C3CCCN(CCCCCCCCCC)C3)CC2)C1.I.I. The normalized spacial score (nSPS) is 21.5. The molecule has 2 amide bonds. The minimum Gasteiger partial charge on any atom is -0.339 e. The van der Waals surface area contributed by atoms with Gasteiger partial charge in [-0.2, -0.15) is 0 Å². The molecule has 0 bridgehead atoms. The Morgan fingerprint density at radius 1 is 0.477 bits per heavy atom. The lowest BCUT2D eigenvalue weighted by Gasteiger charge is -2.41. The van der Waals surface area contributed by atoms with Gasteiger partial charge in [0, 0.05) is 39.3 Å². The zero-order valence-corrected chi connectivity index (χ0v) is 33.5. The van der Waals surface area contributed by atoms with E-state index >= 15 is 0 Å². The first kappa shape index (κ1) is 42.3. The summed E-state index contributed by atoms with van der Waals surface area (Å²) in [5.41, 5.74) is 0. The maximum atomic E-state index is 13.4. The molecule has 260 valence electrons. The molecule has 2 atom stereocenters. The van der Waals surface area contributed by atoms with E-state index in [1.165, 1.54) is 103 Å². The average molecular weight is 845 g/mol. The van der Waals surface area contributed by atoms with Crippen LogP contribution in [0.1, 0.15) is 142 Å². The molecular weight excluding hydrogens is 774 g/mol. The van der Waals surface area contributed by atoms with Crippen LogP contribution >= 0.6 is 48.0 Å². The minimum absolute atomic E-state index is 0. The van der Waals surface area contributed by atoms with Gasteiger partial charge in [-0.3, -0.25) is 9.59 Å². The molecule has 44 heavy (non-hydrogen) atoms. The van der Waals surface area contributed by atoms with E-state index in [0.29, 0.717) is 38.0 Å². The smallest absolute Gasteiger partial charge is 0.227 e. The van der Waals surface area contributed by atoms with E-state index in [-0.39, 0.29) is 59.8 Å². The predicted molar refractivity (Wildman–Crippen MR) is 208 cm³/mol. The van der Waals surface area contributed by atoms with E-state index in [1.54, 1.807) is 0 Å². The fourth-order valence-electron chi connectivity index (χ4n) is 7.52. The second-order valence-electron chi connectivity index (χ2n) is 13.9. The zero-order chi connectivity index (χ0) is 29.8. The van der Waals surface area contributed by atoms with Crippen molar-refractivity contribution in [1.29, 1.82) is 0 Å². The quantitative estimate of drug-likeness (QED) is 0.0911. The summed E-state index contributed by atoms with van der Waals surface area (Å²) < 4.78 is 0. The molecule has 2 unspecified atom stereocenters. The number of rotatable bonds is 20. The highest BCUT2D eigenvalue weighted by Gasteiger charge is 2.34. The summed E-state index contributed by atoms with van der Waals surface area (Å²) in [5, 5.41) is 0. The molecular formula is C36H70I2N4O2. The van der Waals surface area contributed by atoms with Gasteiger partial charge in [0.25, 0.3) is 0 Å². The highest BCUT2D eigenvalue weighted by Crippen LogP contribution is 2.23. The molecule has 0 spiro atoms. The van der Waals surface area contributed by atoms with Crippen LogP contribution in [0, 0.1) is 11.8 Å². The molecule has 3 saturated heterocycles. The number of halogens is 2. The zero-order valence-electron chi connectivity index (χ0n) is 28.8. The van der Waals surface area contributed by atoms with Crippen molar-refractivity contribution in [2.75, 3.05) is 65.4 Å². The number of piperidine rings is 2. The third kappa shape index (κ3) is 16.4. The van der Waals surface area contributed by atoms with E-state index in [1.807, 2.05) is 0 Å². The van der Waals surface area contributed by atoms with Crippen LogP contribution in [0.15, 0.2) is 0 Å². The Morgan fingerprint density at radius 3 is 1.14 bits per heavy atom. The monoisotopic (exact) mass is 844 g/mol. The van der Waals surface area contributed by atoms with Gasteiger partial charge in [0.2, 0.25) is 11.8 Å². The summed E-state index contributed by atoms with van der Waals surface area (Å²) >= 11 is 0. The van der Waals surface area contributed by atoms with Crippen LogP contribution in [-0.4, -0.2) is 96.9 Å². The van der Waals surface area contributed by atoms with Gasteiger partial charge in [-0.25, -0.2) is 0 Å². The molecule has 0 aromatic carbocycles. The number of hydrogen-bond acceptors (Lipinski definition) is 4. The molecule has 8 heteroatoms. The summed E-state index contributed by atoms with van der Waals surface area (Å²) in [7, 11) is 0. The van der Waals surface area contributed by atoms with E-state index < -0.39 is 0 Å². The van der Waals surface area contributed by atoms with Gasteiger partial charge >= 0.3 is 0 Å². The highest BCUT2D eigenvalue weighted by atomic mass is 127. The van der Waals surface area contributed by atoms with Crippen molar-refractivity contribution in [3.05, 3.63) is 0 Å². The fourth-order valence-corrected chi connectivity index (χ4v) is 7.52. The number of piperazine rings is 1. The third-order valence-corrected chi connectivity index (χ3v) is 10.3. The minimum atomic E-state index is 0. The lowest BCUT2D eigenvalue weighted by Crippen LogP contribution is -2.55. The van der Waals surface area contributed by atoms with Gasteiger partial charge < -0.3 is 19.6 Å². The highest BCUT2D eigenvalue weighted by molar-refractivity contribution is 14.0. The van der Waals surface area contributed by atoms with E-state index in [2.05, 4.69) is 33.4 Å². The van der Waals surface area contributed by atoms with Crippen molar-refractivity contribution in [3.63, 3.8) is 0 Å². The van der Waals surface area contributed by atoms with Crippen LogP contribution in [0.25, 0.3) is 0 Å². The van der Waals surface area contributed by atoms with Gasteiger partial charge in [-0.05, 0) is 64.7 Å². The standard InChI is InChI=1S/C36H68N4O2.2HI/c1-3-5-7-9-11-13-15-17-23-37-25-19-21-33(31-37)35(41)39-27-29-40(30-28-39)36(42)34-22-20-26-38(32-34)24-18-16-14-12-10-8-6-4-2;;/h33-34H,3-32H2,1-2H3;2*1H. The van der Waals surface area contributed by atoms with Crippen LogP contribution in [0.4, 0.5) is 0 Å². The number of carbonyl (C=O) groups excluding carboxylic acids is 2. The largest absolute Gasteiger partial charge is 0.339 e. The second-order valence-corrected chi connectivity index (χ2v) is 13.9. The van der Waals surface area contributed by atoms with Crippen LogP contribution in [0.2, 0.25) is 0 Å². The first-order valence-electron chi connectivity index (χ1n) is 18.6. The lowest BCUT2D eigenvalue weighted by atomic mass is 9.95. The van der Waals surface area contributed by atoms with Gasteiger partial charge in [-0.15, -0.1) is 48.0 Å². The number of hydrogen-bond donors (Lipinski definition) is 0. The summed E-state index contributed by atoms with van der Waals surface area (Å²) in [6.45, 7) is 13.9. The third-order valence-electron chi connectivity index (χ3n) is 10.3. The summed E-state index contributed by atoms with van der Waals surface area (Å²) in [4.78, 5) is 36.1. The summed E-state index contributed by atoms with van der Waals surface area (Å²) in [5.74, 6) is 0.991. The summed E-state index contributed by atoms with van der Waals surface area (Å²) in [6, 6.07) is 0. The Morgan fingerprint density at radius 2 is 0.795 bits per heavy atom. The first-order valence-corrected chi connectivity index (χ1v) is 18.6. The van der Waals surface area contributed by atoms with Gasteiger partial charge in [0.15, 0.2) is 0 Å². The van der Waals surface area contributed by atoms with E-state index in [9.17, 15) is 9.59 Å². The van der Waals surface area contributed by atoms with Crippen molar-refractivity contribution in [1.82, 2.24) is 19.6 Å². The van der Waals surface area contributed by atoms with E-state index in [4.69, 9.17) is 0 Å². The predicted octanol–water partition coefficient (Wildman–Crippen LogP) is 8.60. The van der Waals surface area contributed by atoms with Crippen LogP contribution in [0.3, 0.4) is 0 Å². The maximum absolute atomic E-state index is 13.4. The topological polar surface area (TPSA) is 47.1 Å². The first-order chi connectivity index (χ1) is 20.6. The van der Waals surface area contributed by atoms with Crippen molar-refractivity contribution < 1.29 is 9.59 Å². The average Bonchev–Trinajstić information content (AvgIpc) is 3.03. The number of unbranched alkanes of at least 4 members (excludes halogenated alkanes) is 14. The Kier molecular flexibility index (Phi) is 25.3. The van der Waals surface area contributed by atoms with Crippen LogP contribution in [-0.2, 0) is 9.59 Å². The molecule has 3 rings (SSSR count). The molecule has 6 nitrogen and oxygen atoms in total. The molecule has 0 saturated carbocycles. The molecule has 0 aromatic rings. The number of nitrogens with zero attached hydrogens (tertiary/aromatic N) is 4. The van der Waals surface area contributed by atoms with Crippen molar-refractivity contribution in [3.8, 4) is 0 Å². The number of amides is 2. The molecule has 0 N–H and O–H groups in total. The molecule has 3 aliphatic heterocycles. The Bertz CT molecular complexity index is 675. The van der Waals surface area contributed by atoms with Crippen LogP contribution < -0.4 is 0 Å². The molecule has 3 fully saturated rings. The van der Waals surface area contributed by atoms with Crippen molar-refractivity contribution >= 4 is 59.8 Å². The Labute approximate surface area is 306 Å². The Hall–Kier alpha value is 0.320. The van der Waals surface area contributed by atoms with Gasteiger partial charge in [-0.1, -0.05) is 104 Å². The fraction of sp³-hybridized carbons (Fsp3) is 0.944. The summed E-state index contributed by atoms with van der Waals surface area (Å²) in [6.07, 6.45) is 26.0. The maximum Gasteiger partial charge on any atom is 0.227 e. The molecule has 0 aliphatic carbocycles. The molecule has 0 aromatic heterocycles. The molecule has 3 heterocycles. The van der Waals surface area contributed by atoms with Crippen molar-refractivity contribution in [2.24, 2.45) is 11.8 Å². The molecule has 0 radical (unpaired) electrons. The Balaban J connectivity index is 0.00000484. The van der Waals surface area contributed by atoms with Gasteiger partial charge in [0.1, 0.15) is 0 Å². The van der Waals surface area contributed by atoms with E-state index in [0.717, 1.165) is 65.0 Å². The number of carbonyl (C=O) groups is 2. The van der Waals surface area contributed by atoms with Crippen molar-refractivity contribution in [2.45, 2.75) is 142 Å². The second kappa shape index (κ2) is 26.3. The lowest BCUT2D eigenvalue weighted by molar-refractivity contribution is -0.146. The van der Waals surface area contributed by atoms with Gasteiger partial charge in [0.05, 0.1) is 11.8 Å².